The van der Waals surface area contributed by atoms with Crippen LogP contribution in [0.3, 0.4) is 0 Å². The highest BCUT2D eigenvalue weighted by atomic mass is 16.5. The quantitative estimate of drug-likeness (QED) is 0.631. The Hall–Kier alpha value is -1.51. The Bertz CT molecular complexity index is 396. The van der Waals surface area contributed by atoms with Crippen molar-refractivity contribution >= 4 is 11.7 Å². The molecule has 0 aromatic heterocycles. The Kier molecular flexibility index (Phi) is 7.78. The molecule has 0 atom stereocenters. The van der Waals surface area contributed by atoms with Crippen molar-refractivity contribution in [1.29, 1.82) is 0 Å². The van der Waals surface area contributed by atoms with Gasteiger partial charge in [0.25, 0.3) is 0 Å². The van der Waals surface area contributed by atoms with E-state index in [0.29, 0.717) is 12.2 Å². The molecule has 0 heterocycles. The van der Waals surface area contributed by atoms with E-state index in [0.717, 1.165) is 44.5 Å². The Morgan fingerprint density at radius 2 is 1.65 bits per heavy atom. The molecule has 112 valence electrons. The summed E-state index contributed by atoms with van der Waals surface area (Å²) < 4.78 is 5.16. The van der Waals surface area contributed by atoms with Crippen LogP contribution in [-0.4, -0.2) is 25.7 Å². The Labute approximate surface area is 122 Å². The van der Waals surface area contributed by atoms with Gasteiger partial charge in [-0.1, -0.05) is 38.8 Å². The molecule has 3 nitrogen and oxygen atoms in total. The van der Waals surface area contributed by atoms with Crippen LogP contribution in [0.2, 0.25) is 0 Å². The third-order valence-electron chi connectivity index (χ3n) is 3.30. The second-order valence-electron chi connectivity index (χ2n) is 4.93. The highest BCUT2D eigenvalue weighted by molar-refractivity contribution is 5.95. The Morgan fingerprint density at radius 1 is 1.05 bits per heavy atom. The zero-order valence-corrected chi connectivity index (χ0v) is 13.0. The predicted octanol–water partition coefficient (Wildman–Crippen LogP) is 4.27. The van der Waals surface area contributed by atoms with Crippen LogP contribution in [0.15, 0.2) is 24.3 Å². The van der Waals surface area contributed by atoms with Gasteiger partial charge in [-0.25, -0.2) is 4.79 Å². The van der Waals surface area contributed by atoms with Crippen molar-refractivity contribution in [1.82, 2.24) is 0 Å². The Balaban J connectivity index is 2.95. The molecule has 1 aromatic carbocycles. The van der Waals surface area contributed by atoms with Gasteiger partial charge >= 0.3 is 5.97 Å². The second kappa shape index (κ2) is 9.40. The van der Waals surface area contributed by atoms with Gasteiger partial charge in [0.05, 0.1) is 17.9 Å². The molecule has 0 radical (unpaired) electrons. The van der Waals surface area contributed by atoms with Crippen LogP contribution in [0.25, 0.3) is 0 Å². The van der Waals surface area contributed by atoms with Crippen LogP contribution in [0.1, 0.15) is 56.8 Å². The number of anilines is 1. The summed E-state index contributed by atoms with van der Waals surface area (Å²) in [5.74, 6) is -0.221. The van der Waals surface area contributed by atoms with Crippen molar-refractivity contribution < 1.29 is 9.53 Å². The SMILES string of the molecule is CCCCN(CCCC)c1ccccc1C(=O)OCC. The van der Waals surface area contributed by atoms with E-state index in [1.54, 1.807) is 0 Å². The monoisotopic (exact) mass is 277 g/mol. The fraction of sp³-hybridized carbons (Fsp3) is 0.588. The average molecular weight is 277 g/mol. The van der Waals surface area contributed by atoms with E-state index in [1.165, 1.54) is 0 Å². The summed E-state index contributed by atoms with van der Waals surface area (Å²) in [4.78, 5) is 14.4. The zero-order chi connectivity index (χ0) is 14.8. The Morgan fingerprint density at radius 3 is 2.20 bits per heavy atom. The molecule has 0 aliphatic heterocycles. The molecule has 0 aliphatic carbocycles. The molecule has 0 aliphatic rings. The minimum absolute atomic E-state index is 0.221. The standard InChI is InChI=1S/C17H27NO2/c1-4-7-13-18(14-8-5-2)16-12-10-9-11-15(16)17(19)20-6-3/h9-12H,4-8,13-14H2,1-3H3. The van der Waals surface area contributed by atoms with Gasteiger partial charge in [-0.3, -0.25) is 0 Å². The number of esters is 1. The smallest absolute Gasteiger partial charge is 0.340 e. The van der Waals surface area contributed by atoms with E-state index in [-0.39, 0.29) is 5.97 Å². The molecule has 1 aromatic rings. The van der Waals surface area contributed by atoms with E-state index >= 15 is 0 Å². The zero-order valence-electron chi connectivity index (χ0n) is 13.0. The van der Waals surface area contributed by atoms with Gasteiger partial charge < -0.3 is 9.64 Å². The number of unbranched alkanes of at least 4 members (excludes halogenated alkanes) is 2. The molecule has 0 spiro atoms. The lowest BCUT2D eigenvalue weighted by Gasteiger charge is -2.26. The first-order chi connectivity index (χ1) is 9.74. The van der Waals surface area contributed by atoms with Gasteiger partial charge in [0.2, 0.25) is 0 Å². The highest BCUT2D eigenvalue weighted by Gasteiger charge is 2.16. The number of benzene rings is 1. The normalized spacial score (nSPS) is 10.3. The van der Waals surface area contributed by atoms with Crippen LogP contribution in [0.5, 0.6) is 0 Å². The van der Waals surface area contributed by atoms with Crippen LogP contribution < -0.4 is 4.90 Å². The third-order valence-corrected chi connectivity index (χ3v) is 3.30. The maximum Gasteiger partial charge on any atom is 0.340 e. The lowest BCUT2D eigenvalue weighted by atomic mass is 10.1. The third kappa shape index (κ3) is 4.87. The average Bonchev–Trinajstić information content (AvgIpc) is 2.48. The van der Waals surface area contributed by atoms with Crippen molar-refractivity contribution in [2.75, 3.05) is 24.6 Å². The van der Waals surface area contributed by atoms with Crippen LogP contribution in [0.4, 0.5) is 5.69 Å². The molecule has 0 bridgehead atoms. The molecule has 0 saturated heterocycles. The van der Waals surface area contributed by atoms with Gasteiger partial charge in [0, 0.05) is 13.1 Å². The summed E-state index contributed by atoms with van der Waals surface area (Å²) in [6.07, 6.45) is 4.59. The first kappa shape index (κ1) is 16.5. The number of hydrogen-bond donors (Lipinski definition) is 0. The van der Waals surface area contributed by atoms with E-state index < -0.39 is 0 Å². The molecule has 20 heavy (non-hydrogen) atoms. The number of hydrogen-bond acceptors (Lipinski definition) is 3. The number of carbonyl (C=O) groups excluding carboxylic acids is 1. The maximum absolute atomic E-state index is 12.1. The fourth-order valence-corrected chi connectivity index (χ4v) is 2.18. The van der Waals surface area contributed by atoms with E-state index in [1.807, 2.05) is 31.2 Å². The molecule has 0 N–H and O–H groups in total. The summed E-state index contributed by atoms with van der Waals surface area (Å²) in [6, 6.07) is 7.77. The van der Waals surface area contributed by atoms with Crippen molar-refractivity contribution in [3.05, 3.63) is 29.8 Å². The van der Waals surface area contributed by atoms with E-state index in [9.17, 15) is 4.79 Å². The minimum Gasteiger partial charge on any atom is -0.462 e. The van der Waals surface area contributed by atoms with Gasteiger partial charge in [0.15, 0.2) is 0 Å². The van der Waals surface area contributed by atoms with E-state index in [4.69, 9.17) is 4.74 Å². The summed E-state index contributed by atoms with van der Waals surface area (Å²) in [7, 11) is 0. The van der Waals surface area contributed by atoms with Crippen molar-refractivity contribution in [2.45, 2.75) is 46.5 Å². The van der Waals surface area contributed by atoms with Crippen molar-refractivity contribution in [3.8, 4) is 0 Å². The summed E-state index contributed by atoms with van der Waals surface area (Å²) in [6.45, 7) is 8.62. The largest absolute Gasteiger partial charge is 0.462 e. The van der Waals surface area contributed by atoms with Gasteiger partial charge in [-0.2, -0.15) is 0 Å². The van der Waals surface area contributed by atoms with Crippen LogP contribution >= 0.6 is 0 Å². The first-order valence-corrected chi connectivity index (χ1v) is 7.75. The molecular weight excluding hydrogens is 250 g/mol. The van der Waals surface area contributed by atoms with Gasteiger partial charge in [-0.05, 0) is 31.9 Å². The van der Waals surface area contributed by atoms with Gasteiger partial charge in [0.1, 0.15) is 0 Å². The second-order valence-corrected chi connectivity index (χ2v) is 4.93. The number of rotatable bonds is 9. The number of ether oxygens (including phenoxy) is 1. The topological polar surface area (TPSA) is 29.5 Å². The lowest BCUT2D eigenvalue weighted by Crippen LogP contribution is -2.27. The maximum atomic E-state index is 12.1. The first-order valence-electron chi connectivity index (χ1n) is 7.75. The van der Waals surface area contributed by atoms with Gasteiger partial charge in [-0.15, -0.1) is 0 Å². The number of nitrogens with zero attached hydrogens (tertiary/aromatic N) is 1. The molecule has 0 fully saturated rings. The van der Waals surface area contributed by atoms with Crippen LogP contribution in [-0.2, 0) is 4.74 Å². The molecule has 0 amide bonds. The van der Waals surface area contributed by atoms with Crippen molar-refractivity contribution in [3.63, 3.8) is 0 Å². The summed E-state index contributed by atoms with van der Waals surface area (Å²) in [5.41, 5.74) is 1.69. The fourth-order valence-electron chi connectivity index (χ4n) is 2.18. The summed E-state index contributed by atoms with van der Waals surface area (Å²) >= 11 is 0. The molecule has 0 saturated carbocycles. The number of para-hydroxylation sites is 1. The lowest BCUT2D eigenvalue weighted by molar-refractivity contribution is 0.0527. The van der Waals surface area contributed by atoms with E-state index in [2.05, 4.69) is 18.7 Å². The predicted molar refractivity (Wildman–Crippen MR) is 84.4 cm³/mol. The molecule has 0 unspecified atom stereocenters. The minimum atomic E-state index is -0.221. The summed E-state index contributed by atoms with van der Waals surface area (Å²) in [5, 5.41) is 0. The van der Waals surface area contributed by atoms with Crippen LogP contribution in [0, 0.1) is 0 Å². The van der Waals surface area contributed by atoms with Crippen molar-refractivity contribution in [2.24, 2.45) is 0 Å². The number of carbonyl (C=O) groups is 1. The highest BCUT2D eigenvalue weighted by Crippen LogP contribution is 2.22. The molecule has 1 rings (SSSR count). The molecular formula is C17H27NO2. The molecule has 3 heteroatoms.